The van der Waals surface area contributed by atoms with Crippen molar-refractivity contribution in [2.75, 3.05) is 5.32 Å². The molecule has 0 atom stereocenters. The van der Waals surface area contributed by atoms with Crippen LogP contribution in [0.3, 0.4) is 0 Å². The van der Waals surface area contributed by atoms with E-state index < -0.39 is 0 Å². The molecule has 1 rings (SSSR count). The molecule has 0 saturated heterocycles. The highest BCUT2D eigenvalue weighted by atomic mass is 16.1. The molecule has 0 bridgehead atoms. The summed E-state index contributed by atoms with van der Waals surface area (Å²) in [5.74, 6) is 2.01. The van der Waals surface area contributed by atoms with E-state index in [2.05, 4.69) is 69.6 Å². The molecule has 1 aromatic rings. The molecule has 26 heavy (non-hydrogen) atoms. The molecule has 0 aliphatic rings. The third-order valence-electron chi connectivity index (χ3n) is 3.16. The number of aromatic amines is 1. The van der Waals surface area contributed by atoms with Crippen LogP contribution in [0, 0.1) is 11.3 Å². The fourth-order valence-corrected chi connectivity index (χ4v) is 2.49. The molecule has 1 heterocycles. The van der Waals surface area contributed by atoms with Crippen molar-refractivity contribution < 1.29 is 4.79 Å². The van der Waals surface area contributed by atoms with Crippen molar-refractivity contribution in [3.63, 3.8) is 0 Å². The molecule has 142 valence electrons. The average Bonchev–Trinajstić information content (AvgIpc) is 2.96. The van der Waals surface area contributed by atoms with Crippen molar-refractivity contribution in [1.82, 2.24) is 9.97 Å². The Kier molecular flexibility index (Phi) is 10.7. The molecule has 2 N–H and O–H groups in total. The zero-order chi connectivity index (χ0) is 20.2. The summed E-state index contributed by atoms with van der Waals surface area (Å²) < 4.78 is 0. The van der Waals surface area contributed by atoms with Gasteiger partial charge in [-0.2, -0.15) is 0 Å². The van der Waals surface area contributed by atoms with Gasteiger partial charge in [0.2, 0.25) is 6.41 Å². The normalized spacial score (nSPS) is 11.7. The zero-order valence-corrected chi connectivity index (χ0v) is 16.8. The summed E-state index contributed by atoms with van der Waals surface area (Å²) in [7, 11) is 0. The first-order valence-electron chi connectivity index (χ1n) is 8.70. The molecule has 0 aromatic carbocycles. The van der Waals surface area contributed by atoms with E-state index in [4.69, 9.17) is 0 Å². The second-order valence-electron chi connectivity index (χ2n) is 7.52. The van der Waals surface area contributed by atoms with Crippen LogP contribution in [0.5, 0.6) is 0 Å². The Bertz CT molecular complexity index is 655. The Morgan fingerprint density at radius 2 is 2.00 bits per heavy atom. The van der Waals surface area contributed by atoms with E-state index in [-0.39, 0.29) is 0 Å². The van der Waals surface area contributed by atoms with Crippen molar-refractivity contribution in [2.45, 2.75) is 41.0 Å². The fourth-order valence-electron chi connectivity index (χ4n) is 2.49. The highest BCUT2D eigenvalue weighted by Crippen LogP contribution is 2.23. The summed E-state index contributed by atoms with van der Waals surface area (Å²) in [5, 5.41) is 2.47. The summed E-state index contributed by atoms with van der Waals surface area (Å²) >= 11 is 0. The van der Waals surface area contributed by atoms with Gasteiger partial charge in [0.1, 0.15) is 11.6 Å². The Balaban J connectivity index is 0.000000660. The molecule has 0 aliphatic carbocycles. The van der Waals surface area contributed by atoms with Crippen LogP contribution < -0.4 is 5.32 Å². The summed E-state index contributed by atoms with van der Waals surface area (Å²) in [5.41, 5.74) is 2.21. The maximum absolute atomic E-state index is 10.2. The van der Waals surface area contributed by atoms with Gasteiger partial charge < -0.3 is 10.3 Å². The van der Waals surface area contributed by atoms with Crippen molar-refractivity contribution in [1.29, 1.82) is 0 Å². The molecule has 1 aromatic heterocycles. The lowest BCUT2D eigenvalue weighted by Gasteiger charge is -2.19. The Morgan fingerprint density at radius 1 is 1.35 bits per heavy atom. The smallest absolute Gasteiger partial charge is 0.212 e. The fraction of sp³-hybridized carbons (Fsp3) is 0.364. The van der Waals surface area contributed by atoms with Crippen LogP contribution >= 0.6 is 0 Å². The molecular weight excluding hydrogens is 322 g/mol. The topological polar surface area (TPSA) is 57.8 Å². The third-order valence-corrected chi connectivity index (χ3v) is 3.16. The van der Waals surface area contributed by atoms with Gasteiger partial charge in [-0.05, 0) is 35.0 Å². The van der Waals surface area contributed by atoms with Gasteiger partial charge in [0.25, 0.3) is 0 Å². The largest absolute Gasteiger partial charge is 0.325 e. The lowest BCUT2D eigenvalue weighted by atomic mass is 9.86. The Hall–Kier alpha value is -2.62. The van der Waals surface area contributed by atoms with Crippen LogP contribution in [0.4, 0.5) is 5.82 Å². The number of allylic oxidation sites excluding steroid dienone is 6. The maximum atomic E-state index is 10.2. The van der Waals surface area contributed by atoms with Crippen molar-refractivity contribution in [3.05, 3.63) is 67.2 Å². The van der Waals surface area contributed by atoms with Crippen LogP contribution in [0.25, 0.3) is 6.08 Å². The minimum Gasteiger partial charge on any atom is -0.325 e. The van der Waals surface area contributed by atoms with Crippen LogP contribution in [-0.4, -0.2) is 16.4 Å². The van der Waals surface area contributed by atoms with Gasteiger partial charge in [0, 0.05) is 0 Å². The van der Waals surface area contributed by atoms with Gasteiger partial charge in [-0.15, -0.1) is 0 Å². The summed E-state index contributed by atoms with van der Waals surface area (Å²) in [6.45, 7) is 22.6. The first-order valence-corrected chi connectivity index (χ1v) is 8.70. The van der Waals surface area contributed by atoms with E-state index in [9.17, 15) is 4.79 Å². The van der Waals surface area contributed by atoms with E-state index in [0.29, 0.717) is 23.5 Å². The predicted molar refractivity (Wildman–Crippen MR) is 114 cm³/mol. The van der Waals surface area contributed by atoms with Crippen molar-refractivity contribution in [3.8, 4) is 0 Å². The number of aromatic nitrogens is 2. The lowest BCUT2D eigenvalue weighted by molar-refractivity contribution is -0.105. The van der Waals surface area contributed by atoms with Gasteiger partial charge in [-0.25, -0.2) is 4.98 Å². The molecule has 0 radical (unpaired) electrons. The molecule has 0 aliphatic heterocycles. The van der Waals surface area contributed by atoms with Crippen LogP contribution in [-0.2, 0) is 4.79 Å². The van der Waals surface area contributed by atoms with Gasteiger partial charge in [-0.3, -0.25) is 4.79 Å². The first-order chi connectivity index (χ1) is 12.1. The number of carbonyl (C=O) groups excluding carboxylic acids is 1. The van der Waals surface area contributed by atoms with E-state index in [1.807, 2.05) is 6.08 Å². The number of amides is 1. The van der Waals surface area contributed by atoms with E-state index in [1.165, 1.54) is 12.6 Å². The number of carbonyl (C=O) groups is 1. The summed E-state index contributed by atoms with van der Waals surface area (Å²) in [6.07, 6.45) is 12.2. The van der Waals surface area contributed by atoms with Crippen molar-refractivity contribution >= 4 is 18.3 Å². The number of imidazole rings is 1. The second-order valence-corrected chi connectivity index (χ2v) is 7.52. The number of nitrogens with zero attached hydrogens (tertiary/aromatic N) is 1. The van der Waals surface area contributed by atoms with Crippen molar-refractivity contribution in [2.24, 2.45) is 11.3 Å². The van der Waals surface area contributed by atoms with Crippen LogP contribution in [0.1, 0.15) is 46.9 Å². The minimum atomic E-state index is 0.522. The summed E-state index contributed by atoms with van der Waals surface area (Å²) in [6, 6.07) is 0. The van der Waals surface area contributed by atoms with Gasteiger partial charge in [0.15, 0.2) is 0 Å². The Labute approximate surface area is 158 Å². The van der Waals surface area contributed by atoms with Gasteiger partial charge in [-0.1, -0.05) is 78.7 Å². The maximum Gasteiger partial charge on any atom is 0.212 e. The van der Waals surface area contributed by atoms with Crippen LogP contribution in [0.15, 0.2) is 61.4 Å². The Morgan fingerprint density at radius 3 is 2.42 bits per heavy atom. The average molecular weight is 356 g/mol. The summed E-state index contributed by atoms with van der Waals surface area (Å²) in [4.78, 5) is 17.2. The first kappa shape index (κ1) is 23.4. The van der Waals surface area contributed by atoms with Crippen LogP contribution in [0.2, 0.25) is 0 Å². The number of nitrogens with one attached hydrogen (secondary N) is 2. The number of hydrogen-bond acceptors (Lipinski definition) is 2. The van der Waals surface area contributed by atoms with E-state index in [0.717, 1.165) is 17.1 Å². The standard InChI is InChI=1S/C14H15N3O.C8H18/c1-4-6-12(5-2)11(3)7-8-13-15-9-14(17-13)16-10-18;1-7(2)6-8(3,4)5/h4-10H,1-3H2,(H,15,17)(H,16,18);7H,6H2,1-5H3/b8-7-,12-6+;. The highest BCUT2D eigenvalue weighted by Gasteiger charge is 2.11. The molecule has 1 amide bonds. The number of rotatable bonds is 8. The second kappa shape index (κ2) is 11.9. The number of anilines is 1. The molecule has 0 saturated carbocycles. The molecular formula is C22H33N3O. The number of hydrogen-bond donors (Lipinski definition) is 2. The van der Waals surface area contributed by atoms with E-state index in [1.54, 1.807) is 24.3 Å². The lowest BCUT2D eigenvalue weighted by Crippen LogP contribution is -2.08. The predicted octanol–water partition coefficient (Wildman–Crippen LogP) is 5.92. The SMILES string of the molecule is C=C/C=C(\C=C)C(=C)/C=C\c1ncc(NC=O)[nH]1.CC(C)CC(C)(C)C. The molecule has 0 fully saturated rings. The van der Waals surface area contributed by atoms with E-state index >= 15 is 0 Å². The minimum absolute atomic E-state index is 0.522. The quantitative estimate of drug-likeness (QED) is 0.449. The molecule has 0 unspecified atom stereocenters. The molecule has 4 nitrogen and oxygen atoms in total. The monoisotopic (exact) mass is 355 g/mol. The van der Waals surface area contributed by atoms with Gasteiger partial charge >= 0.3 is 0 Å². The number of H-pyrrole nitrogens is 1. The molecule has 0 spiro atoms. The van der Waals surface area contributed by atoms with Gasteiger partial charge in [0.05, 0.1) is 6.20 Å². The highest BCUT2D eigenvalue weighted by molar-refractivity contribution is 5.69. The zero-order valence-electron chi connectivity index (χ0n) is 16.8. The third kappa shape index (κ3) is 11.0. The molecule has 4 heteroatoms.